The van der Waals surface area contributed by atoms with E-state index < -0.39 is 0 Å². The lowest BCUT2D eigenvalue weighted by Crippen LogP contribution is -2.11. The zero-order valence-electron chi connectivity index (χ0n) is 11.0. The molecule has 0 aliphatic heterocycles. The van der Waals surface area contributed by atoms with Crippen molar-refractivity contribution in [3.8, 4) is 0 Å². The first-order chi connectivity index (χ1) is 9.22. The van der Waals surface area contributed by atoms with E-state index in [1.54, 1.807) is 6.92 Å². The van der Waals surface area contributed by atoms with Crippen molar-refractivity contribution >= 4 is 22.7 Å². The van der Waals surface area contributed by atoms with Gasteiger partial charge >= 0.3 is 5.97 Å². The fraction of sp³-hybridized carbons (Fsp3) is 0.385. The number of esters is 1. The minimum atomic E-state index is -0.340. The summed E-state index contributed by atoms with van der Waals surface area (Å²) in [7, 11) is 0. The first-order valence-electron chi connectivity index (χ1n) is 6.25. The Bertz CT molecular complexity index is 586. The van der Waals surface area contributed by atoms with Crippen LogP contribution < -0.4 is 5.32 Å². The maximum Gasteiger partial charge on any atom is 0.313 e. The number of rotatable bonds is 5. The highest BCUT2D eigenvalue weighted by atomic mass is 16.5. The first kappa shape index (κ1) is 13.2. The Morgan fingerprint density at radius 1 is 1.26 bits per heavy atom. The van der Waals surface area contributed by atoms with E-state index >= 15 is 0 Å². The van der Waals surface area contributed by atoms with Crippen LogP contribution in [0.4, 0.5) is 5.69 Å². The van der Waals surface area contributed by atoms with E-state index in [0.29, 0.717) is 17.9 Å². The molecule has 1 aromatic heterocycles. The standard InChI is InChI=1S/C13H16N4O2/c1-3-14-9-5-6-10-11(7-9)16-17-12(15-10)8-13(18)19-4-2/h5-7,14H,3-4,8H2,1-2H3. The van der Waals surface area contributed by atoms with Gasteiger partial charge in [0.25, 0.3) is 0 Å². The summed E-state index contributed by atoms with van der Waals surface area (Å²) in [5.41, 5.74) is 2.39. The minimum Gasteiger partial charge on any atom is -0.466 e. The van der Waals surface area contributed by atoms with Crippen molar-refractivity contribution in [3.05, 3.63) is 24.0 Å². The van der Waals surface area contributed by atoms with Crippen molar-refractivity contribution in [2.75, 3.05) is 18.5 Å². The van der Waals surface area contributed by atoms with Crippen LogP contribution in [0.1, 0.15) is 19.7 Å². The zero-order valence-corrected chi connectivity index (χ0v) is 11.0. The average Bonchev–Trinajstić information content (AvgIpc) is 2.39. The van der Waals surface area contributed by atoms with Crippen LogP contribution in [0.25, 0.3) is 11.0 Å². The molecular formula is C13H16N4O2. The third-order valence-electron chi connectivity index (χ3n) is 2.49. The second-order valence-electron chi connectivity index (χ2n) is 3.94. The summed E-state index contributed by atoms with van der Waals surface area (Å²) in [6.45, 7) is 4.98. The Balaban J connectivity index is 2.21. The Morgan fingerprint density at radius 3 is 2.84 bits per heavy atom. The largest absolute Gasteiger partial charge is 0.466 e. The summed E-state index contributed by atoms with van der Waals surface area (Å²) in [5, 5.41) is 11.2. The summed E-state index contributed by atoms with van der Waals surface area (Å²) >= 11 is 0. The normalized spacial score (nSPS) is 10.4. The van der Waals surface area contributed by atoms with Crippen LogP contribution in [0.3, 0.4) is 0 Å². The summed E-state index contributed by atoms with van der Waals surface area (Å²) in [6.07, 6.45) is 0.0474. The van der Waals surface area contributed by atoms with Gasteiger partial charge < -0.3 is 10.1 Å². The molecule has 0 spiro atoms. The third-order valence-corrected chi connectivity index (χ3v) is 2.49. The highest BCUT2D eigenvalue weighted by molar-refractivity contribution is 5.78. The van der Waals surface area contributed by atoms with Gasteiger partial charge in [0.05, 0.1) is 12.1 Å². The Hall–Kier alpha value is -2.24. The Kier molecular flexibility index (Phi) is 4.22. The molecule has 0 fully saturated rings. The molecule has 6 nitrogen and oxygen atoms in total. The van der Waals surface area contributed by atoms with Crippen LogP contribution >= 0.6 is 0 Å². The van der Waals surface area contributed by atoms with Gasteiger partial charge in [0.15, 0.2) is 5.82 Å². The zero-order chi connectivity index (χ0) is 13.7. The monoisotopic (exact) mass is 260 g/mol. The summed E-state index contributed by atoms with van der Waals surface area (Å²) in [5.74, 6) is 0.0371. The van der Waals surface area contributed by atoms with E-state index in [0.717, 1.165) is 17.7 Å². The Labute approximate surface area is 111 Å². The van der Waals surface area contributed by atoms with E-state index in [-0.39, 0.29) is 12.4 Å². The third kappa shape index (κ3) is 3.37. The highest BCUT2D eigenvalue weighted by Crippen LogP contribution is 2.15. The van der Waals surface area contributed by atoms with Crippen LogP contribution in [0.5, 0.6) is 0 Å². The minimum absolute atomic E-state index is 0.0474. The predicted molar refractivity (Wildman–Crippen MR) is 71.8 cm³/mol. The molecule has 2 aromatic rings. The molecule has 6 heteroatoms. The molecule has 0 amide bonds. The van der Waals surface area contributed by atoms with Gasteiger partial charge in [0.1, 0.15) is 11.9 Å². The number of aromatic nitrogens is 3. The van der Waals surface area contributed by atoms with Crippen LogP contribution in [0.15, 0.2) is 18.2 Å². The van der Waals surface area contributed by atoms with Crippen molar-refractivity contribution < 1.29 is 9.53 Å². The van der Waals surface area contributed by atoms with Gasteiger partial charge in [0, 0.05) is 12.2 Å². The summed E-state index contributed by atoms with van der Waals surface area (Å²) in [6, 6.07) is 5.66. The van der Waals surface area contributed by atoms with Crippen molar-refractivity contribution in [2.45, 2.75) is 20.3 Å². The average molecular weight is 260 g/mol. The van der Waals surface area contributed by atoms with Crippen molar-refractivity contribution in [2.24, 2.45) is 0 Å². The van der Waals surface area contributed by atoms with Gasteiger partial charge in [-0.05, 0) is 32.0 Å². The highest BCUT2D eigenvalue weighted by Gasteiger charge is 2.08. The van der Waals surface area contributed by atoms with Gasteiger partial charge in [-0.3, -0.25) is 4.79 Å². The van der Waals surface area contributed by atoms with Crippen LogP contribution in [-0.2, 0) is 16.0 Å². The van der Waals surface area contributed by atoms with Gasteiger partial charge in [-0.15, -0.1) is 10.2 Å². The van der Waals surface area contributed by atoms with Gasteiger partial charge in [-0.1, -0.05) is 0 Å². The summed E-state index contributed by atoms with van der Waals surface area (Å²) < 4.78 is 4.85. The molecule has 19 heavy (non-hydrogen) atoms. The SMILES string of the molecule is CCNc1ccc2nc(CC(=O)OCC)nnc2c1. The molecule has 0 saturated carbocycles. The number of carbonyl (C=O) groups excluding carboxylic acids is 1. The van der Waals surface area contributed by atoms with E-state index in [1.165, 1.54) is 0 Å². The fourth-order valence-corrected chi connectivity index (χ4v) is 1.70. The number of ether oxygens (including phenoxy) is 1. The lowest BCUT2D eigenvalue weighted by Gasteiger charge is -2.05. The van der Waals surface area contributed by atoms with Crippen LogP contribution in [0.2, 0.25) is 0 Å². The molecule has 2 rings (SSSR count). The molecule has 100 valence electrons. The molecule has 0 aliphatic carbocycles. The van der Waals surface area contributed by atoms with Crippen molar-refractivity contribution in [1.82, 2.24) is 15.2 Å². The molecule has 1 N–H and O–H groups in total. The number of fused-ring (bicyclic) bond motifs is 1. The number of anilines is 1. The quantitative estimate of drug-likeness (QED) is 0.822. The second kappa shape index (κ2) is 6.08. The molecular weight excluding hydrogens is 244 g/mol. The van der Waals surface area contributed by atoms with E-state index in [1.807, 2.05) is 25.1 Å². The number of carbonyl (C=O) groups is 1. The number of hydrogen-bond donors (Lipinski definition) is 1. The van der Waals surface area contributed by atoms with Crippen molar-refractivity contribution in [3.63, 3.8) is 0 Å². The van der Waals surface area contributed by atoms with Gasteiger partial charge in [-0.25, -0.2) is 4.98 Å². The van der Waals surface area contributed by atoms with Crippen LogP contribution in [-0.4, -0.2) is 34.3 Å². The summed E-state index contributed by atoms with van der Waals surface area (Å²) in [4.78, 5) is 15.6. The fourth-order valence-electron chi connectivity index (χ4n) is 1.70. The predicted octanol–water partition coefficient (Wildman–Crippen LogP) is 1.56. The second-order valence-corrected chi connectivity index (χ2v) is 3.94. The molecule has 0 saturated heterocycles. The smallest absolute Gasteiger partial charge is 0.313 e. The van der Waals surface area contributed by atoms with E-state index in [4.69, 9.17) is 4.74 Å². The van der Waals surface area contributed by atoms with Gasteiger partial charge in [0.2, 0.25) is 0 Å². The molecule has 0 aliphatic rings. The Morgan fingerprint density at radius 2 is 2.11 bits per heavy atom. The van der Waals surface area contributed by atoms with Crippen LogP contribution in [0, 0.1) is 0 Å². The van der Waals surface area contributed by atoms with E-state index in [2.05, 4.69) is 20.5 Å². The molecule has 0 bridgehead atoms. The molecule has 1 heterocycles. The number of benzene rings is 1. The number of nitrogens with one attached hydrogen (secondary N) is 1. The lowest BCUT2D eigenvalue weighted by molar-refractivity contribution is -0.142. The lowest BCUT2D eigenvalue weighted by atomic mass is 10.2. The maximum atomic E-state index is 11.3. The molecule has 0 atom stereocenters. The topological polar surface area (TPSA) is 77.0 Å². The molecule has 1 aromatic carbocycles. The first-order valence-corrected chi connectivity index (χ1v) is 6.25. The van der Waals surface area contributed by atoms with Crippen molar-refractivity contribution in [1.29, 1.82) is 0 Å². The number of hydrogen-bond acceptors (Lipinski definition) is 6. The maximum absolute atomic E-state index is 11.3. The van der Waals surface area contributed by atoms with E-state index in [9.17, 15) is 4.79 Å². The number of nitrogens with zero attached hydrogens (tertiary/aromatic N) is 3. The molecule has 0 radical (unpaired) electrons. The van der Waals surface area contributed by atoms with Gasteiger partial charge in [-0.2, -0.15) is 0 Å². The molecule has 0 unspecified atom stereocenters.